The third-order valence-electron chi connectivity index (χ3n) is 4.94. The number of likely N-dealkylation sites (tertiary alicyclic amines) is 1. The van der Waals surface area contributed by atoms with E-state index in [9.17, 15) is 19.6 Å². The zero-order chi connectivity index (χ0) is 20.1. The Kier molecular flexibility index (Phi) is 6.37. The summed E-state index contributed by atoms with van der Waals surface area (Å²) < 4.78 is 4.81. The summed E-state index contributed by atoms with van der Waals surface area (Å²) in [5, 5.41) is 12.8. The topological polar surface area (TPSA) is 99.5 Å². The van der Waals surface area contributed by atoms with Gasteiger partial charge in [0.1, 0.15) is 5.92 Å². The van der Waals surface area contributed by atoms with Gasteiger partial charge in [-0.2, -0.15) is 5.26 Å². The molecule has 2 amide bonds. The van der Waals surface area contributed by atoms with E-state index in [0.717, 1.165) is 37.7 Å². The highest BCUT2D eigenvalue weighted by atomic mass is 32.2. The number of nitriles is 1. The van der Waals surface area contributed by atoms with Gasteiger partial charge in [-0.1, -0.05) is 42.1 Å². The van der Waals surface area contributed by atoms with Gasteiger partial charge < -0.3 is 15.0 Å². The molecule has 0 unspecified atom stereocenters. The van der Waals surface area contributed by atoms with Gasteiger partial charge >= 0.3 is 5.97 Å². The summed E-state index contributed by atoms with van der Waals surface area (Å²) in [6.45, 7) is 1.49. The van der Waals surface area contributed by atoms with Crippen LogP contribution in [-0.2, 0) is 19.1 Å². The molecule has 0 aromatic heterocycles. The molecule has 1 aromatic carbocycles. The molecule has 0 bridgehead atoms. The molecule has 0 spiro atoms. The standard InChI is InChI=1S/C20H21N3O4S/c1-27-20(26)17-16(13-7-3-2-4-8-13)14(11-21)19(22-18(17)25)28-12-15(24)23-9-5-6-10-23/h2-4,7-8,16-17H,5-6,9-10,12H2,1H3,(H,22,25)/t16-,17+/m1/s1. The van der Waals surface area contributed by atoms with E-state index in [4.69, 9.17) is 4.74 Å². The summed E-state index contributed by atoms with van der Waals surface area (Å²) in [5.74, 6) is -3.02. The summed E-state index contributed by atoms with van der Waals surface area (Å²) in [4.78, 5) is 39.1. The first-order chi connectivity index (χ1) is 13.6. The maximum absolute atomic E-state index is 12.7. The fourth-order valence-electron chi connectivity index (χ4n) is 3.53. The zero-order valence-electron chi connectivity index (χ0n) is 15.5. The van der Waals surface area contributed by atoms with Crippen LogP contribution < -0.4 is 5.32 Å². The highest BCUT2D eigenvalue weighted by molar-refractivity contribution is 8.03. The van der Waals surface area contributed by atoms with Crippen LogP contribution in [0.4, 0.5) is 0 Å². The van der Waals surface area contributed by atoms with Gasteiger partial charge in [0.15, 0.2) is 0 Å². The summed E-state index contributed by atoms with van der Waals surface area (Å²) >= 11 is 1.13. The van der Waals surface area contributed by atoms with Crippen molar-refractivity contribution in [2.24, 2.45) is 5.92 Å². The summed E-state index contributed by atoms with van der Waals surface area (Å²) in [5.41, 5.74) is 0.939. The van der Waals surface area contributed by atoms with Crippen LogP contribution in [0.15, 0.2) is 40.9 Å². The minimum atomic E-state index is -1.15. The smallest absolute Gasteiger partial charge is 0.319 e. The second-order valence-corrected chi connectivity index (χ2v) is 7.60. The number of nitrogens with one attached hydrogen (secondary N) is 1. The van der Waals surface area contributed by atoms with Gasteiger partial charge in [0.25, 0.3) is 0 Å². The van der Waals surface area contributed by atoms with Crippen LogP contribution in [-0.4, -0.2) is 48.6 Å². The van der Waals surface area contributed by atoms with Crippen molar-refractivity contribution in [3.05, 3.63) is 46.5 Å². The van der Waals surface area contributed by atoms with Crippen molar-refractivity contribution in [1.29, 1.82) is 5.26 Å². The molecule has 7 nitrogen and oxygen atoms in total. The lowest BCUT2D eigenvalue weighted by Crippen LogP contribution is -2.44. The lowest BCUT2D eigenvalue weighted by molar-refractivity contribution is -0.150. The highest BCUT2D eigenvalue weighted by Gasteiger charge is 2.44. The largest absolute Gasteiger partial charge is 0.468 e. The van der Waals surface area contributed by atoms with E-state index in [1.807, 2.05) is 6.07 Å². The van der Waals surface area contributed by atoms with E-state index < -0.39 is 23.7 Å². The van der Waals surface area contributed by atoms with Crippen LogP contribution in [0, 0.1) is 17.2 Å². The van der Waals surface area contributed by atoms with Crippen molar-refractivity contribution in [2.75, 3.05) is 26.0 Å². The molecule has 1 N–H and O–H groups in total. The number of thioether (sulfide) groups is 1. The molecule has 2 heterocycles. The van der Waals surface area contributed by atoms with Crippen molar-refractivity contribution >= 4 is 29.5 Å². The number of rotatable bonds is 5. The molecule has 0 radical (unpaired) electrons. The maximum Gasteiger partial charge on any atom is 0.319 e. The normalized spacial score (nSPS) is 21.9. The van der Waals surface area contributed by atoms with E-state index in [0.29, 0.717) is 10.6 Å². The van der Waals surface area contributed by atoms with Gasteiger partial charge in [-0.15, -0.1) is 0 Å². The minimum Gasteiger partial charge on any atom is -0.468 e. The molecule has 1 aromatic rings. The Morgan fingerprint density at radius 2 is 1.96 bits per heavy atom. The van der Waals surface area contributed by atoms with Crippen LogP contribution >= 0.6 is 11.8 Å². The third-order valence-corrected chi connectivity index (χ3v) is 5.94. The Labute approximate surface area is 167 Å². The van der Waals surface area contributed by atoms with Crippen molar-refractivity contribution in [1.82, 2.24) is 10.2 Å². The van der Waals surface area contributed by atoms with Crippen LogP contribution in [0.2, 0.25) is 0 Å². The first kappa shape index (κ1) is 20.0. The average molecular weight is 399 g/mol. The van der Waals surface area contributed by atoms with Gasteiger partial charge in [-0.05, 0) is 18.4 Å². The van der Waals surface area contributed by atoms with Crippen molar-refractivity contribution in [3.63, 3.8) is 0 Å². The Balaban J connectivity index is 1.92. The quantitative estimate of drug-likeness (QED) is 0.598. The zero-order valence-corrected chi connectivity index (χ0v) is 16.3. The summed E-state index contributed by atoms with van der Waals surface area (Å²) in [6.07, 6.45) is 1.99. The highest BCUT2D eigenvalue weighted by Crippen LogP contribution is 2.40. The minimum absolute atomic E-state index is 0.0205. The lowest BCUT2D eigenvalue weighted by Gasteiger charge is -2.31. The molecule has 2 aliphatic rings. The lowest BCUT2D eigenvalue weighted by atomic mass is 9.78. The number of hydrogen-bond acceptors (Lipinski definition) is 6. The van der Waals surface area contributed by atoms with E-state index in [-0.39, 0.29) is 17.2 Å². The number of nitrogens with zero attached hydrogens (tertiary/aromatic N) is 2. The number of allylic oxidation sites excluding steroid dienone is 1. The third kappa shape index (κ3) is 4.04. The van der Waals surface area contributed by atoms with E-state index in [1.165, 1.54) is 7.11 Å². The number of ether oxygens (including phenoxy) is 1. The Hall–Kier alpha value is -2.79. The van der Waals surface area contributed by atoms with Crippen LogP contribution in [0.1, 0.15) is 24.3 Å². The summed E-state index contributed by atoms with van der Waals surface area (Å²) in [6, 6.07) is 11.1. The predicted octanol–water partition coefficient (Wildman–Crippen LogP) is 1.78. The first-order valence-electron chi connectivity index (χ1n) is 9.05. The average Bonchev–Trinajstić information content (AvgIpc) is 3.26. The molecule has 2 aliphatic heterocycles. The number of hydrogen-bond donors (Lipinski definition) is 1. The van der Waals surface area contributed by atoms with Crippen molar-refractivity contribution < 1.29 is 19.1 Å². The second-order valence-electron chi connectivity index (χ2n) is 6.61. The van der Waals surface area contributed by atoms with Crippen LogP contribution in [0.3, 0.4) is 0 Å². The molecular weight excluding hydrogens is 378 g/mol. The molecule has 28 heavy (non-hydrogen) atoms. The Morgan fingerprint density at radius 1 is 1.29 bits per heavy atom. The first-order valence-corrected chi connectivity index (χ1v) is 10.0. The molecule has 0 saturated carbocycles. The molecule has 3 rings (SSSR count). The van der Waals surface area contributed by atoms with E-state index in [1.54, 1.807) is 29.2 Å². The van der Waals surface area contributed by atoms with Gasteiger partial charge in [0.2, 0.25) is 11.8 Å². The fraction of sp³-hybridized carbons (Fsp3) is 0.400. The fourth-order valence-corrected chi connectivity index (χ4v) is 4.48. The van der Waals surface area contributed by atoms with Crippen molar-refractivity contribution in [2.45, 2.75) is 18.8 Å². The van der Waals surface area contributed by atoms with Gasteiger partial charge in [0, 0.05) is 19.0 Å². The summed E-state index contributed by atoms with van der Waals surface area (Å²) in [7, 11) is 1.21. The van der Waals surface area contributed by atoms with E-state index >= 15 is 0 Å². The SMILES string of the molecule is COC(=O)[C@@H]1C(=O)NC(SCC(=O)N2CCCC2)=C(C#N)[C@H]1c1ccccc1. The number of amides is 2. The molecule has 0 aliphatic carbocycles. The monoisotopic (exact) mass is 399 g/mol. The number of carbonyl (C=O) groups excluding carboxylic acids is 3. The van der Waals surface area contributed by atoms with Crippen LogP contribution in [0.25, 0.3) is 0 Å². The Morgan fingerprint density at radius 3 is 2.57 bits per heavy atom. The molecule has 1 saturated heterocycles. The predicted molar refractivity (Wildman–Crippen MR) is 104 cm³/mol. The van der Waals surface area contributed by atoms with Crippen molar-refractivity contribution in [3.8, 4) is 6.07 Å². The van der Waals surface area contributed by atoms with Gasteiger partial charge in [0.05, 0.1) is 29.5 Å². The van der Waals surface area contributed by atoms with Crippen LogP contribution in [0.5, 0.6) is 0 Å². The van der Waals surface area contributed by atoms with E-state index in [2.05, 4.69) is 11.4 Å². The number of esters is 1. The molecule has 8 heteroatoms. The number of methoxy groups -OCH3 is 1. The maximum atomic E-state index is 12.7. The Bertz CT molecular complexity index is 841. The molecular formula is C20H21N3O4S. The second kappa shape index (κ2) is 8.93. The molecule has 1 fully saturated rings. The van der Waals surface area contributed by atoms with Gasteiger partial charge in [-0.3, -0.25) is 14.4 Å². The molecule has 146 valence electrons. The molecule has 2 atom stereocenters. The van der Waals surface area contributed by atoms with Gasteiger partial charge in [-0.25, -0.2) is 0 Å². The number of carbonyl (C=O) groups is 3. The number of benzene rings is 1.